The van der Waals surface area contributed by atoms with Crippen LogP contribution >= 0.6 is 52.1 Å². The molecule has 0 aromatic carbocycles. The van der Waals surface area contributed by atoms with Gasteiger partial charge in [0, 0.05) is 31.1 Å². The number of nitrogens with zero attached hydrogens (tertiary/aromatic N) is 1. The third kappa shape index (κ3) is 4.32. The van der Waals surface area contributed by atoms with Gasteiger partial charge in [0.2, 0.25) is 0 Å². The van der Waals surface area contributed by atoms with Crippen molar-refractivity contribution < 1.29 is 4.39 Å². The molecule has 0 unspecified atom stereocenters. The van der Waals surface area contributed by atoms with Gasteiger partial charge in [0.1, 0.15) is 6.67 Å². The molecule has 1 N–H and O–H groups in total. The SMILES string of the molecule is Cc1cc([C@@H](CF)N2CCNCC2)sc1Br.Cl.Cl. The van der Waals surface area contributed by atoms with Gasteiger partial charge in [0.15, 0.2) is 0 Å². The smallest absolute Gasteiger partial charge is 0.110 e. The van der Waals surface area contributed by atoms with Crippen LogP contribution in [-0.4, -0.2) is 37.8 Å². The highest BCUT2D eigenvalue weighted by molar-refractivity contribution is 9.11. The second kappa shape index (κ2) is 8.72. The fourth-order valence-corrected chi connectivity index (χ4v) is 3.68. The predicted octanol–water partition coefficient (Wildman–Crippen LogP) is 3.58. The van der Waals surface area contributed by atoms with Crippen molar-refractivity contribution in [2.75, 3.05) is 32.9 Å². The molecule has 0 bridgehead atoms. The predicted molar refractivity (Wildman–Crippen MR) is 84.4 cm³/mol. The zero-order valence-corrected chi connectivity index (χ0v) is 14.2. The molecule has 0 amide bonds. The van der Waals surface area contributed by atoms with Crippen LogP contribution in [0, 0.1) is 6.92 Å². The van der Waals surface area contributed by atoms with Gasteiger partial charge in [-0.25, -0.2) is 4.39 Å². The number of aryl methyl sites for hydroxylation is 1. The monoisotopic (exact) mass is 378 g/mol. The van der Waals surface area contributed by atoms with Gasteiger partial charge in [-0.3, -0.25) is 4.90 Å². The number of rotatable bonds is 3. The molecule has 18 heavy (non-hydrogen) atoms. The Balaban J connectivity index is 0.00000144. The molecular weight excluding hydrogens is 362 g/mol. The summed E-state index contributed by atoms with van der Waals surface area (Å²) in [5, 5.41) is 3.29. The van der Waals surface area contributed by atoms with Gasteiger partial charge in [-0.15, -0.1) is 36.2 Å². The Kier molecular flexibility index (Phi) is 9.01. The summed E-state index contributed by atoms with van der Waals surface area (Å²) in [7, 11) is 0. The minimum Gasteiger partial charge on any atom is -0.314 e. The largest absolute Gasteiger partial charge is 0.314 e. The van der Waals surface area contributed by atoms with Crippen LogP contribution in [0.3, 0.4) is 0 Å². The van der Waals surface area contributed by atoms with Gasteiger partial charge in [0.05, 0.1) is 9.83 Å². The van der Waals surface area contributed by atoms with Crippen molar-refractivity contribution in [3.63, 3.8) is 0 Å². The molecule has 106 valence electrons. The summed E-state index contributed by atoms with van der Waals surface area (Å²) in [4.78, 5) is 3.36. The molecule has 1 saturated heterocycles. The van der Waals surface area contributed by atoms with Crippen molar-refractivity contribution in [3.8, 4) is 0 Å². The summed E-state index contributed by atoms with van der Waals surface area (Å²) in [5.74, 6) is 0. The molecular formula is C11H18BrCl2FN2S. The highest BCUT2D eigenvalue weighted by Gasteiger charge is 2.23. The zero-order valence-electron chi connectivity index (χ0n) is 10.1. The molecule has 7 heteroatoms. The highest BCUT2D eigenvalue weighted by atomic mass is 79.9. The van der Waals surface area contributed by atoms with Gasteiger partial charge in [-0.2, -0.15) is 0 Å². The van der Waals surface area contributed by atoms with Crippen LogP contribution in [0.15, 0.2) is 9.85 Å². The van der Waals surface area contributed by atoms with Crippen molar-refractivity contribution in [2.24, 2.45) is 0 Å². The van der Waals surface area contributed by atoms with E-state index in [9.17, 15) is 4.39 Å². The van der Waals surface area contributed by atoms with Crippen LogP contribution in [0.25, 0.3) is 0 Å². The second-order valence-electron chi connectivity index (χ2n) is 4.06. The lowest BCUT2D eigenvalue weighted by atomic mass is 10.2. The number of nitrogens with one attached hydrogen (secondary N) is 1. The Morgan fingerprint density at radius 2 is 2.06 bits per heavy atom. The van der Waals surface area contributed by atoms with Crippen molar-refractivity contribution >= 4 is 52.1 Å². The number of alkyl halides is 1. The first-order chi connectivity index (χ1) is 7.72. The molecule has 2 nitrogen and oxygen atoms in total. The van der Waals surface area contributed by atoms with Gasteiger partial charge in [0.25, 0.3) is 0 Å². The molecule has 1 aromatic rings. The number of thiophene rings is 1. The van der Waals surface area contributed by atoms with Crippen LogP contribution in [0.1, 0.15) is 16.5 Å². The molecule has 1 aromatic heterocycles. The Morgan fingerprint density at radius 3 is 2.50 bits per heavy atom. The molecule has 0 radical (unpaired) electrons. The number of halogens is 4. The zero-order chi connectivity index (χ0) is 11.5. The first-order valence-electron chi connectivity index (χ1n) is 5.49. The average molecular weight is 380 g/mol. The summed E-state index contributed by atoms with van der Waals surface area (Å²) >= 11 is 5.16. The van der Waals surface area contributed by atoms with E-state index in [2.05, 4.69) is 39.1 Å². The molecule has 2 heterocycles. The maximum absolute atomic E-state index is 13.2. The Morgan fingerprint density at radius 1 is 1.44 bits per heavy atom. The van der Waals surface area contributed by atoms with E-state index in [1.165, 1.54) is 5.56 Å². The minimum absolute atomic E-state index is 0. The molecule has 1 aliphatic rings. The fraction of sp³-hybridized carbons (Fsp3) is 0.636. The summed E-state index contributed by atoms with van der Waals surface area (Å²) in [6.07, 6.45) is 0. The van der Waals surface area contributed by atoms with Crippen LogP contribution < -0.4 is 5.32 Å². The summed E-state index contributed by atoms with van der Waals surface area (Å²) < 4.78 is 14.3. The lowest BCUT2D eigenvalue weighted by molar-refractivity contribution is 0.150. The van der Waals surface area contributed by atoms with E-state index in [1.54, 1.807) is 11.3 Å². The maximum atomic E-state index is 13.2. The first-order valence-corrected chi connectivity index (χ1v) is 7.10. The summed E-state index contributed by atoms with van der Waals surface area (Å²) in [6.45, 7) is 5.54. The number of hydrogen-bond donors (Lipinski definition) is 1. The van der Waals surface area contributed by atoms with Crippen LogP contribution in [0.5, 0.6) is 0 Å². The lowest BCUT2D eigenvalue weighted by Crippen LogP contribution is -2.45. The standard InChI is InChI=1S/C11H16BrFN2S.2ClH/c1-8-6-10(16-11(8)12)9(7-13)15-4-2-14-3-5-15;;/h6,9,14H,2-5,7H2,1H3;2*1H/t9-;;/m1../s1. The fourth-order valence-electron chi connectivity index (χ4n) is 2.00. The molecule has 1 atom stereocenters. The van der Waals surface area contributed by atoms with E-state index in [-0.39, 0.29) is 37.5 Å². The van der Waals surface area contributed by atoms with Crippen molar-refractivity contribution in [3.05, 3.63) is 20.3 Å². The Bertz CT molecular complexity index is 339. The average Bonchev–Trinajstić information content (AvgIpc) is 2.61. The molecule has 0 aliphatic carbocycles. The van der Waals surface area contributed by atoms with Crippen LogP contribution in [-0.2, 0) is 0 Å². The third-order valence-electron chi connectivity index (χ3n) is 2.94. The number of piperazine rings is 1. The van der Waals surface area contributed by atoms with E-state index in [0.717, 1.165) is 34.8 Å². The number of hydrogen-bond acceptors (Lipinski definition) is 3. The molecule has 1 aliphatic heterocycles. The van der Waals surface area contributed by atoms with E-state index < -0.39 is 0 Å². The van der Waals surface area contributed by atoms with Gasteiger partial charge in [-0.05, 0) is 34.5 Å². The molecule has 0 saturated carbocycles. The topological polar surface area (TPSA) is 15.3 Å². The normalized spacial score (nSPS) is 17.7. The van der Waals surface area contributed by atoms with E-state index in [0.29, 0.717) is 0 Å². The van der Waals surface area contributed by atoms with Crippen molar-refractivity contribution in [2.45, 2.75) is 13.0 Å². The molecule has 1 fully saturated rings. The highest BCUT2D eigenvalue weighted by Crippen LogP contribution is 2.34. The quantitative estimate of drug-likeness (QED) is 0.863. The van der Waals surface area contributed by atoms with Crippen LogP contribution in [0.4, 0.5) is 4.39 Å². The van der Waals surface area contributed by atoms with Crippen LogP contribution in [0.2, 0.25) is 0 Å². The van der Waals surface area contributed by atoms with E-state index in [4.69, 9.17) is 0 Å². The summed E-state index contributed by atoms with van der Waals surface area (Å²) in [6, 6.07) is 2.04. The Hall–Kier alpha value is 0.610. The van der Waals surface area contributed by atoms with E-state index >= 15 is 0 Å². The summed E-state index contributed by atoms with van der Waals surface area (Å²) in [5.41, 5.74) is 1.20. The van der Waals surface area contributed by atoms with Gasteiger partial charge < -0.3 is 5.32 Å². The third-order valence-corrected chi connectivity index (χ3v) is 5.18. The minimum atomic E-state index is -0.299. The van der Waals surface area contributed by atoms with Crippen molar-refractivity contribution in [1.82, 2.24) is 10.2 Å². The van der Waals surface area contributed by atoms with Gasteiger partial charge in [-0.1, -0.05) is 0 Å². The first kappa shape index (κ1) is 18.6. The Labute approximate surface area is 132 Å². The maximum Gasteiger partial charge on any atom is 0.110 e. The van der Waals surface area contributed by atoms with E-state index in [1.807, 2.05) is 0 Å². The molecule has 0 spiro atoms. The van der Waals surface area contributed by atoms with Crippen molar-refractivity contribution in [1.29, 1.82) is 0 Å². The lowest BCUT2D eigenvalue weighted by Gasteiger charge is -2.32. The molecule has 2 rings (SSSR count). The van der Waals surface area contributed by atoms with Gasteiger partial charge >= 0.3 is 0 Å². The second-order valence-corrected chi connectivity index (χ2v) is 6.46.